The minimum atomic E-state index is -1.19. The molecule has 2 N–H and O–H groups in total. The van der Waals surface area contributed by atoms with Gasteiger partial charge in [-0.15, -0.1) is 0 Å². The SMILES string of the molecule is O=C(O)c1nc(C2C3CC4CC(C3)CC2C4)ncc1O. The van der Waals surface area contributed by atoms with Crippen LogP contribution in [-0.4, -0.2) is 26.2 Å². The molecule has 0 amide bonds. The number of nitrogens with zero attached hydrogens (tertiary/aromatic N) is 2. The van der Waals surface area contributed by atoms with Gasteiger partial charge in [0.05, 0.1) is 6.20 Å². The molecule has 5 nitrogen and oxygen atoms in total. The number of hydrogen-bond donors (Lipinski definition) is 2. The van der Waals surface area contributed by atoms with Crippen LogP contribution in [0.5, 0.6) is 5.75 Å². The van der Waals surface area contributed by atoms with Gasteiger partial charge in [-0.2, -0.15) is 0 Å². The molecular formula is C15H18N2O3. The fourth-order valence-electron chi connectivity index (χ4n) is 5.05. The lowest BCUT2D eigenvalue weighted by molar-refractivity contribution is -0.00581. The van der Waals surface area contributed by atoms with Gasteiger partial charge in [0.1, 0.15) is 5.82 Å². The first kappa shape index (κ1) is 12.1. The van der Waals surface area contributed by atoms with Crippen molar-refractivity contribution in [1.82, 2.24) is 9.97 Å². The monoisotopic (exact) mass is 274 g/mol. The summed E-state index contributed by atoms with van der Waals surface area (Å²) < 4.78 is 0. The Hall–Kier alpha value is -1.65. The summed E-state index contributed by atoms with van der Waals surface area (Å²) in [5.74, 6) is 2.35. The molecule has 1 aromatic heterocycles. The molecule has 4 fully saturated rings. The molecule has 1 heterocycles. The molecule has 0 saturated heterocycles. The molecule has 0 unspecified atom stereocenters. The topological polar surface area (TPSA) is 83.3 Å². The number of carboxylic acid groups (broad SMARTS) is 1. The van der Waals surface area contributed by atoms with Crippen molar-refractivity contribution in [2.45, 2.75) is 38.0 Å². The second-order valence-corrected chi connectivity index (χ2v) is 6.72. The van der Waals surface area contributed by atoms with E-state index in [1.54, 1.807) is 0 Å². The maximum atomic E-state index is 11.1. The molecule has 4 saturated carbocycles. The third kappa shape index (κ3) is 1.72. The molecule has 20 heavy (non-hydrogen) atoms. The molecule has 1 aromatic rings. The van der Waals surface area contributed by atoms with Crippen molar-refractivity contribution in [3.63, 3.8) is 0 Å². The summed E-state index contributed by atoms with van der Waals surface area (Å²) in [5.41, 5.74) is -0.260. The summed E-state index contributed by atoms with van der Waals surface area (Å²) in [5, 5.41) is 18.6. The lowest BCUT2D eigenvalue weighted by Gasteiger charge is -2.53. The van der Waals surface area contributed by atoms with Crippen molar-refractivity contribution >= 4 is 5.97 Å². The molecule has 106 valence electrons. The average molecular weight is 274 g/mol. The highest BCUT2D eigenvalue weighted by Crippen LogP contribution is 2.59. The summed E-state index contributed by atoms with van der Waals surface area (Å²) in [7, 11) is 0. The molecule has 4 aliphatic rings. The summed E-state index contributed by atoms with van der Waals surface area (Å²) in [6.45, 7) is 0. The van der Waals surface area contributed by atoms with E-state index in [-0.39, 0.29) is 11.4 Å². The zero-order valence-electron chi connectivity index (χ0n) is 11.2. The summed E-state index contributed by atoms with van der Waals surface area (Å²) in [6, 6.07) is 0. The third-order valence-electron chi connectivity index (χ3n) is 5.52. The van der Waals surface area contributed by atoms with Crippen molar-refractivity contribution in [2.24, 2.45) is 23.7 Å². The molecular weight excluding hydrogens is 256 g/mol. The largest absolute Gasteiger partial charge is 0.504 e. The Morgan fingerprint density at radius 1 is 1.10 bits per heavy atom. The van der Waals surface area contributed by atoms with E-state index in [2.05, 4.69) is 9.97 Å². The highest BCUT2D eigenvalue weighted by molar-refractivity contribution is 5.88. The fourth-order valence-corrected chi connectivity index (χ4v) is 5.05. The first-order chi connectivity index (χ1) is 9.61. The number of rotatable bonds is 2. The maximum Gasteiger partial charge on any atom is 0.358 e. The highest BCUT2D eigenvalue weighted by atomic mass is 16.4. The van der Waals surface area contributed by atoms with Crippen molar-refractivity contribution in [3.8, 4) is 5.75 Å². The van der Waals surface area contributed by atoms with Crippen LogP contribution < -0.4 is 0 Å². The quantitative estimate of drug-likeness (QED) is 0.865. The van der Waals surface area contributed by atoms with E-state index in [1.807, 2.05) is 0 Å². The Kier molecular flexibility index (Phi) is 2.53. The van der Waals surface area contributed by atoms with E-state index in [9.17, 15) is 9.90 Å². The first-order valence-electron chi connectivity index (χ1n) is 7.41. The van der Waals surface area contributed by atoms with E-state index in [1.165, 1.54) is 38.3 Å². The molecule has 0 aliphatic heterocycles. The molecule has 4 bridgehead atoms. The second kappa shape index (κ2) is 4.17. The van der Waals surface area contributed by atoms with Gasteiger partial charge in [0.15, 0.2) is 11.4 Å². The Bertz CT molecular complexity index is 544. The lowest BCUT2D eigenvalue weighted by Crippen LogP contribution is -2.44. The van der Waals surface area contributed by atoms with Crippen LogP contribution in [0, 0.1) is 23.7 Å². The van der Waals surface area contributed by atoms with Gasteiger partial charge in [-0.3, -0.25) is 0 Å². The van der Waals surface area contributed by atoms with Gasteiger partial charge < -0.3 is 10.2 Å². The van der Waals surface area contributed by atoms with Crippen LogP contribution in [0.15, 0.2) is 6.20 Å². The number of aromatic hydroxyl groups is 1. The minimum absolute atomic E-state index is 0.260. The van der Waals surface area contributed by atoms with E-state index >= 15 is 0 Å². The molecule has 4 aliphatic carbocycles. The number of carbonyl (C=O) groups is 1. The number of carboxylic acids is 1. The predicted molar refractivity (Wildman–Crippen MR) is 70.4 cm³/mol. The fraction of sp³-hybridized carbons (Fsp3) is 0.667. The van der Waals surface area contributed by atoms with Crippen molar-refractivity contribution in [3.05, 3.63) is 17.7 Å². The Morgan fingerprint density at radius 3 is 2.25 bits per heavy atom. The molecule has 0 radical (unpaired) electrons. The van der Waals surface area contributed by atoms with E-state index in [4.69, 9.17) is 5.11 Å². The molecule has 5 heteroatoms. The number of hydrogen-bond acceptors (Lipinski definition) is 4. The van der Waals surface area contributed by atoms with Gasteiger partial charge in [0.2, 0.25) is 0 Å². The Balaban J connectivity index is 1.71. The van der Waals surface area contributed by atoms with Crippen molar-refractivity contribution in [2.75, 3.05) is 0 Å². The Labute approximate surface area is 117 Å². The number of aromatic carboxylic acids is 1. The average Bonchev–Trinajstić information content (AvgIpc) is 2.38. The molecule has 0 atom stereocenters. The van der Waals surface area contributed by atoms with Crippen LogP contribution in [0.1, 0.15) is 54.3 Å². The van der Waals surface area contributed by atoms with Crippen LogP contribution in [0.2, 0.25) is 0 Å². The van der Waals surface area contributed by atoms with Crippen molar-refractivity contribution in [1.29, 1.82) is 0 Å². The third-order valence-corrected chi connectivity index (χ3v) is 5.52. The first-order valence-corrected chi connectivity index (χ1v) is 7.41. The van der Waals surface area contributed by atoms with Crippen LogP contribution in [-0.2, 0) is 0 Å². The summed E-state index contributed by atoms with van der Waals surface area (Å²) in [4.78, 5) is 19.5. The second-order valence-electron chi connectivity index (χ2n) is 6.72. The minimum Gasteiger partial charge on any atom is -0.504 e. The van der Waals surface area contributed by atoms with E-state index < -0.39 is 5.97 Å². The smallest absolute Gasteiger partial charge is 0.358 e. The van der Waals surface area contributed by atoms with Crippen LogP contribution in [0.4, 0.5) is 0 Å². The maximum absolute atomic E-state index is 11.1. The van der Waals surface area contributed by atoms with Crippen molar-refractivity contribution < 1.29 is 15.0 Å². The molecule has 5 rings (SSSR count). The van der Waals surface area contributed by atoms with Crippen LogP contribution in [0.25, 0.3) is 0 Å². The van der Waals surface area contributed by atoms with Gasteiger partial charge in [-0.25, -0.2) is 14.8 Å². The summed E-state index contributed by atoms with van der Waals surface area (Å²) in [6.07, 6.45) is 7.59. The number of aromatic nitrogens is 2. The normalized spacial score (nSPS) is 38.1. The van der Waals surface area contributed by atoms with Gasteiger partial charge in [0, 0.05) is 5.92 Å². The predicted octanol–water partition coefficient (Wildman–Crippen LogP) is 2.42. The zero-order chi connectivity index (χ0) is 13.9. The van der Waals surface area contributed by atoms with E-state index in [0.717, 1.165) is 11.8 Å². The Morgan fingerprint density at radius 2 is 1.70 bits per heavy atom. The van der Waals surface area contributed by atoms with Crippen LogP contribution >= 0.6 is 0 Å². The highest BCUT2D eigenvalue weighted by Gasteiger charge is 2.49. The van der Waals surface area contributed by atoms with E-state index in [0.29, 0.717) is 23.6 Å². The van der Waals surface area contributed by atoms with Crippen LogP contribution in [0.3, 0.4) is 0 Å². The zero-order valence-corrected chi connectivity index (χ0v) is 11.2. The molecule has 0 spiro atoms. The van der Waals surface area contributed by atoms with Gasteiger partial charge in [-0.05, 0) is 55.8 Å². The van der Waals surface area contributed by atoms with Gasteiger partial charge >= 0.3 is 5.97 Å². The van der Waals surface area contributed by atoms with Gasteiger partial charge in [-0.1, -0.05) is 0 Å². The lowest BCUT2D eigenvalue weighted by atomic mass is 9.51. The standard InChI is InChI=1S/C15H18N2O3/c18-11-6-16-14(17-13(11)15(19)20)12-9-2-7-1-8(4-9)5-10(12)3-7/h6-10,12,18H,1-5H2,(H,19,20). The molecule has 0 aromatic carbocycles. The van der Waals surface area contributed by atoms with Gasteiger partial charge in [0.25, 0.3) is 0 Å². The summed E-state index contributed by atoms with van der Waals surface area (Å²) >= 11 is 0.